The quantitative estimate of drug-likeness (QED) is 0.724. The van der Waals surface area contributed by atoms with Gasteiger partial charge in [0, 0.05) is 5.39 Å². The van der Waals surface area contributed by atoms with Gasteiger partial charge in [-0.05, 0) is 12.1 Å². The number of hydrogen-bond acceptors (Lipinski definition) is 1. The van der Waals surface area contributed by atoms with Gasteiger partial charge in [-0.25, -0.2) is 0 Å². The number of fused-ring (bicyclic) bond motifs is 1. The lowest BCUT2D eigenvalue weighted by atomic mass is 10.2. The average Bonchev–Trinajstić information content (AvgIpc) is 2.35. The second kappa shape index (κ2) is 2.80. The Morgan fingerprint density at radius 2 is 1.75 bits per heavy atom. The van der Waals surface area contributed by atoms with E-state index in [1.165, 1.54) is 0 Å². The molecule has 0 saturated carbocycles. The van der Waals surface area contributed by atoms with Crippen LogP contribution in [-0.4, -0.2) is 10.2 Å². The number of aromatic amines is 1. The predicted octanol–water partition coefficient (Wildman–Crippen LogP) is 3.52. The smallest absolute Gasteiger partial charge is 0.132 e. The molecule has 1 aromatic carbocycles. The third-order valence-electron chi connectivity index (χ3n) is 1.55. The van der Waals surface area contributed by atoms with Crippen molar-refractivity contribution in [2.75, 3.05) is 0 Å². The van der Waals surface area contributed by atoms with Crippen molar-refractivity contribution < 1.29 is 0 Å². The molecule has 0 radical (unpaired) electrons. The number of nitrogens with zero attached hydrogens (tertiary/aromatic N) is 1. The Balaban J connectivity index is 2.87. The van der Waals surface area contributed by atoms with Crippen LogP contribution in [0.15, 0.2) is 12.1 Å². The van der Waals surface area contributed by atoms with Gasteiger partial charge in [0.05, 0.1) is 15.6 Å². The van der Waals surface area contributed by atoms with Crippen LogP contribution < -0.4 is 0 Å². The minimum absolute atomic E-state index is 0.476. The first-order valence-corrected chi connectivity index (χ1v) is 4.30. The molecule has 12 heavy (non-hydrogen) atoms. The molecule has 2 rings (SSSR count). The van der Waals surface area contributed by atoms with E-state index in [2.05, 4.69) is 10.2 Å². The third-order valence-corrected chi connectivity index (χ3v) is 2.56. The van der Waals surface area contributed by atoms with Gasteiger partial charge in [0.25, 0.3) is 0 Å². The lowest BCUT2D eigenvalue weighted by Crippen LogP contribution is -1.70. The highest BCUT2D eigenvalue weighted by molar-refractivity contribution is 6.43. The minimum atomic E-state index is 0.476. The molecule has 0 bridgehead atoms. The second-order valence-electron chi connectivity index (χ2n) is 2.32. The molecule has 62 valence electrons. The lowest BCUT2D eigenvalue weighted by Gasteiger charge is -1.93. The highest BCUT2D eigenvalue weighted by Crippen LogP contribution is 2.29. The van der Waals surface area contributed by atoms with Crippen LogP contribution in [0.2, 0.25) is 15.2 Å². The van der Waals surface area contributed by atoms with Crippen LogP contribution in [0.3, 0.4) is 0 Å². The Bertz CT molecular complexity index is 435. The van der Waals surface area contributed by atoms with Crippen molar-refractivity contribution in [2.24, 2.45) is 0 Å². The van der Waals surface area contributed by atoms with Crippen LogP contribution in [0.4, 0.5) is 0 Å². The summed E-state index contributed by atoms with van der Waals surface area (Å²) in [5.41, 5.74) is 0.717. The largest absolute Gasteiger partial charge is 0.266 e. The van der Waals surface area contributed by atoms with Crippen LogP contribution in [0.5, 0.6) is 0 Å². The third kappa shape index (κ3) is 1.16. The molecule has 0 fully saturated rings. The molecular weight excluding hydrogens is 218 g/mol. The molecule has 0 saturated heterocycles. The summed E-state index contributed by atoms with van der Waals surface area (Å²) in [7, 11) is 0. The van der Waals surface area contributed by atoms with Crippen molar-refractivity contribution in [3.63, 3.8) is 0 Å². The number of hydrogen-bond donors (Lipinski definition) is 1. The van der Waals surface area contributed by atoms with E-state index >= 15 is 0 Å². The van der Waals surface area contributed by atoms with Crippen molar-refractivity contribution in [1.29, 1.82) is 0 Å². The van der Waals surface area contributed by atoms with E-state index < -0.39 is 0 Å². The summed E-state index contributed by atoms with van der Waals surface area (Å²) in [5, 5.41) is 8.77. The topological polar surface area (TPSA) is 28.7 Å². The predicted molar refractivity (Wildman–Crippen MR) is 51.1 cm³/mol. The van der Waals surface area contributed by atoms with Crippen LogP contribution in [0.1, 0.15) is 0 Å². The van der Waals surface area contributed by atoms with E-state index in [9.17, 15) is 0 Å². The highest BCUT2D eigenvalue weighted by Gasteiger charge is 2.06. The number of aromatic nitrogens is 2. The molecule has 1 N–H and O–H groups in total. The van der Waals surface area contributed by atoms with E-state index in [1.54, 1.807) is 12.1 Å². The SMILES string of the molecule is Clc1cc2n[nH]c(Cl)c2cc1Cl. The van der Waals surface area contributed by atoms with Gasteiger partial charge in [-0.2, -0.15) is 5.10 Å². The Labute approximate surface area is 83.4 Å². The van der Waals surface area contributed by atoms with Crippen LogP contribution in [0, 0.1) is 0 Å². The zero-order chi connectivity index (χ0) is 8.72. The van der Waals surface area contributed by atoms with Gasteiger partial charge in [0.1, 0.15) is 5.15 Å². The monoisotopic (exact) mass is 220 g/mol. The van der Waals surface area contributed by atoms with E-state index in [-0.39, 0.29) is 0 Å². The van der Waals surface area contributed by atoms with Gasteiger partial charge in [0.2, 0.25) is 0 Å². The van der Waals surface area contributed by atoms with Gasteiger partial charge >= 0.3 is 0 Å². The van der Waals surface area contributed by atoms with Gasteiger partial charge in [0.15, 0.2) is 0 Å². The van der Waals surface area contributed by atoms with Crippen molar-refractivity contribution >= 4 is 45.7 Å². The number of halogens is 3. The fraction of sp³-hybridized carbons (Fsp3) is 0. The summed E-state index contributed by atoms with van der Waals surface area (Å²) in [6, 6.07) is 3.35. The minimum Gasteiger partial charge on any atom is -0.266 e. The molecule has 0 amide bonds. The Hall–Kier alpha value is -0.440. The maximum Gasteiger partial charge on any atom is 0.132 e. The molecule has 0 aliphatic rings. The van der Waals surface area contributed by atoms with E-state index in [1.807, 2.05) is 0 Å². The first-order chi connectivity index (χ1) is 5.68. The standard InChI is InChI=1S/C7H3Cl3N2/c8-4-1-3-6(2-5(4)9)11-12-7(3)10/h1-2H,(H,11,12). The molecule has 0 unspecified atom stereocenters. The second-order valence-corrected chi connectivity index (χ2v) is 3.51. The Morgan fingerprint density at radius 3 is 2.50 bits per heavy atom. The molecular formula is C7H3Cl3N2. The van der Waals surface area contributed by atoms with Gasteiger partial charge in [-0.3, -0.25) is 5.10 Å². The molecule has 2 aromatic rings. The number of nitrogens with one attached hydrogen (secondary N) is 1. The Morgan fingerprint density at radius 1 is 1.08 bits per heavy atom. The molecule has 0 atom stereocenters. The molecule has 1 aromatic heterocycles. The summed E-state index contributed by atoms with van der Waals surface area (Å²) >= 11 is 17.3. The van der Waals surface area contributed by atoms with Gasteiger partial charge in [-0.1, -0.05) is 34.8 Å². The zero-order valence-corrected chi connectivity index (χ0v) is 8.00. The molecule has 1 heterocycles. The van der Waals surface area contributed by atoms with E-state index in [0.29, 0.717) is 15.2 Å². The molecule has 0 spiro atoms. The maximum atomic E-state index is 5.78. The summed E-state index contributed by atoms with van der Waals surface area (Å²) in [6.45, 7) is 0. The number of H-pyrrole nitrogens is 1. The fourth-order valence-electron chi connectivity index (χ4n) is 0.974. The molecule has 2 nitrogen and oxygen atoms in total. The first-order valence-electron chi connectivity index (χ1n) is 3.17. The molecule has 0 aliphatic carbocycles. The van der Waals surface area contributed by atoms with Gasteiger partial charge < -0.3 is 0 Å². The van der Waals surface area contributed by atoms with Crippen molar-refractivity contribution in [2.45, 2.75) is 0 Å². The first kappa shape index (κ1) is 8.17. The van der Waals surface area contributed by atoms with Crippen LogP contribution in [0.25, 0.3) is 10.9 Å². The normalized spacial score (nSPS) is 10.9. The van der Waals surface area contributed by atoms with Crippen molar-refractivity contribution in [1.82, 2.24) is 10.2 Å². The average molecular weight is 221 g/mol. The van der Waals surface area contributed by atoms with Crippen LogP contribution in [-0.2, 0) is 0 Å². The van der Waals surface area contributed by atoms with Crippen LogP contribution >= 0.6 is 34.8 Å². The fourth-order valence-corrected chi connectivity index (χ4v) is 1.49. The highest BCUT2D eigenvalue weighted by atomic mass is 35.5. The summed E-state index contributed by atoms with van der Waals surface area (Å²) in [6.07, 6.45) is 0. The van der Waals surface area contributed by atoms with E-state index in [4.69, 9.17) is 34.8 Å². The number of benzene rings is 1. The molecule has 5 heteroatoms. The summed E-state index contributed by atoms with van der Waals surface area (Å²) in [4.78, 5) is 0. The van der Waals surface area contributed by atoms with Crippen molar-refractivity contribution in [3.8, 4) is 0 Å². The van der Waals surface area contributed by atoms with E-state index in [0.717, 1.165) is 10.9 Å². The van der Waals surface area contributed by atoms with Gasteiger partial charge in [-0.15, -0.1) is 0 Å². The van der Waals surface area contributed by atoms with Crippen molar-refractivity contribution in [3.05, 3.63) is 27.3 Å². The summed E-state index contributed by atoms with van der Waals surface area (Å²) < 4.78 is 0. The summed E-state index contributed by atoms with van der Waals surface area (Å²) in [5.74, 6) is 0. The lowest BCUT2D eigenvalue weighted by molar-refractivity contribution is 1.12. The molecule has 0 aliphatic heterocycles. The number of rotatable bonds is 0. The zero-order valence-electron chi connectivity index (χ0n) is 5.74. The maximum absolute atomic E-state index is 5.78. The Kier molecular flexibility index (Phi) is 1.91.